The van der Waals surface area contributed by atoms with Gasteiger partial charge in [-0.1, -0.05) is 31.5 Å². The van der Waals surface area contributed by atoms with Crippen molar-refractivity contribution >= 4 is 35.2 Å². The number of thioether (sulfide) groups is 1. The van der Waals surface area contributed by atoms with E-state index < -0.39 is 17.9 Å². The molecule has 1 atom stereocenters. The van der Waals surface area contributed by atoms with Crippen LogP contribution in [-0.4, -0.2) is 49.3 Å². The van der Waals surface area contributed by atoms with Crippen molar-refractivity contribution < 1.29 is 32.2 Å². The monoisotopic (exact) mass is 627 g/mol. The minimum Gasteiger partial charge on any atom is -0.457 e. The van der Waals surface area contributed by atoms with Gasteiger partial charge in [-0.25, -0.2) is 14.5 Å². The van der Waals surface area contributed by atoms with Crippen LogP contribution in [-0.2, 0) is 17.8 Å². The fourth-order valence-electron chi connectivity index (χ4n) is 4.41. The lowest BCUT2D eigenvalue weighted by molar-refractivity contribution is -0.274. The molecule has 0 bridgehead atoms. The van der Waals surface area contributed by atoms with E-state index in [9.17, 15) is 22.8 Å². The summed E-state index contributed by atoms with van der Waals surface area (Å²) in [5, 5.41) is 9.72. The first-order valence-electron chi connectivity index (χ1n) is 13.5. The molecular formula is C29H28F3N7O4S. The first-order valence-corrected chi connectivity index (χ1v) is 14.6. The smallest absolute Gasteiger partial charge is 0.457 e. The molecule has 0 aliphatic carbocycles. The van der Waals surface area contributed by atoms with Crippen LogP contribution in [0.25, 0.3) is 5.69 Å². The van der Waals surface area contributed by atoms with Gasteiger partial charge in [-0.3, -0.25) is 15.0 Å². The number of nitrogens with one attached hydrogen (secondary N) is 2. The van der Waals surface area contributed by atoms with Crippen molar-refractivity contribution in [2.24, 2.45) is 0 Å². The molecule has 1 aliphatic rings. The largest absolute Gasteiger partial charge is 0.573 e. The average molecular weight is 628 g/mol. The van der Waals surface area contributed by atoms with Gasteiger partial charge in [-0.2, -0.15) is 4.98 Å². The number of hydrogen-bond acceptors (Lipinski definition) is 8. The number of amides is 3. The summed E-state index contributed by atoms with van der Waals surface area (Å²) in [6, 6.07) is 14.0. The van der Waals surface area contributed by atoms with Gasteiger partial charge in [-0.15, -0.1) is 30.0 Å². The van der Waals surface area contributed by atoms with E-state index in [2.05, 4.69) is 37.4 Å². The molecule has 3 amide bonds. The second-order valence-electron chi connectivity index (χ2n) is 9.76. The Hall–Kier alpha value is -4.79. The summed E-state index contributed by atoms with van der Waals surface area (Å²) in [5.41, 5.74) is 3.45. The Labute approximate surface area is 254 Å². The third-order valence-corrected chi connectivity index (χ3v) is 7.44. The SMILES string of the molecule is CCCc1ccc(C)cc1N1C(=O)CSC1NC(=O)Nc1ccc(COc2ncn(-c3ccc(OC(F)(F)F)cc3)n2)cn1. The van der Waals surface area contributed by atoms with Crippen LogP contribution in [0, 0.1) is 6.92 Å². The third-order valence-electron chi connectivity index (χ3n) is 6.38. The first-order chi connectivity index (χ1) is 21.1. The van der Waals surface area contributed by atoms with E-state index in [4.69, 9.17) is 4.74 Å². The highest BCUT2D eigenvalue weighted by molar-refractivity contribution is 8.01. The third kappa shape index (κ3) is 7.78. The fourth-order valence-corrected chi connectivity index (χ4v) is 5.42. The zero-order chi connectivity index (χ0) is 31.3. The van der Waals surface area contributed by atoms with Crippen LogP contribution in [0.5, 0.6) is 11.8 Å². The number of anilines is 2. The minimum absolute atomic E-state index is 0.0473. The van der Waals surface area contributed by atoms with E-state index in [-0.39, 0.29) is 30.0 Å². The van der Waals surface area contributed by atoms with Gasteiger partial charge >= 0.3 is 18.4 Å². The van der Waals surface area contributed by atoms with E-state index >= 15 is 0 Å². The van der Waals surface area contributed by atoms with Crippen LogP contribution < -0.4 is 25.0 Å². The Bertz CT molecular complexity index is 1610. The zero-order valence-corrected chi connectivity index (χ0v) is 24.5. The van der Waals surface area contributed by atoms with Crippen molar-refractivity contribution in [1.29, 1.82) is 0 Å². The molecule has 2 N–H and O–H groups in total. The molecule has 1 fully saturated rings. The molecule has 0 spiro atoms. The maximum atomic E-state index is 12.8. The highest BCUT2D eigenvalue weighted by atomic mass is 32.2. The molecule has 1 unspecified atom stereocenters. The van der Waals surface area contributed by atoms with Crippen molar-refractivity contribution in [1.82, 2.24) is 25.1 Å². The van der Waals surface area contributed by atoms with E-state index in [1.165, 1.54) is 53.2 Å². The van der Waals surface area contributed by atoms with Gasteiger partial charge in [0.2, 0.25) is 5.91 Å². The van der Waals surface area contributed by atoms with Crippen LogP contribution in [0.2, 0.25) is 0 Å². The quantitative estimate of drug-likeness (QED) is 0.234. The van der Waals surface area contributed by atoms with Crippen molar-refractivity contribution in [2.45, 2.75) is 45.2 Å². The van der Waals surface area contributed by atoms with Gasteiger partial charge in [0.15, 0.2) is 5.50 Å². The highest BCUT2D eigenvalue weighted by Gasteiger charge is 2.35. The predicted octanol–water partition coefficient (Wildman–Crippen LogP) is 5.59. The normalized spacial score (nSPS) is 14.9. The molecule has 5 rings (SSSR count). The number of hydrogen-bond donors (Lipinski definition) is 2. The molecule has 230 valence electrons. The number of urea groups is 1. The summed E-state index contributed by atoms with van der Waals surface area (Å²) in [6.45, 7) is 4.12. The molecule has 11 nitrogen and oxygen atoms in total. The topological polar surface area (TPSA) is 124 Å². The van der Waals surface area contributed by atoms with E-state index in [0.29, 0.717) is 17.1 Å². The number of rotatable bonds is 10. The first kappa shape index (κ1) is 30.7. The summed E-state index contributed by atoms with van der Waals surface area (Å²) in [4.78, 5) is 35.5. The highest BCUT2D eigenvalue weighted by Crippen LogP contribution is 2.33. The Balaban J connectivity index is 1.14. The number of nitrogens with zero attached hydrogens (tertiary/aromatic N) is 5. The van der Waals surface area contributed by atoms with Gasteiger partial charge in [0.05, 0.1) is 17.1 Å². The Kier molecular flexibility index (Phi) is 9.23. The number of alkyl halides is 3. The molecule has 15 heteroatoms. The van der Waals surface area contributed by atoms with Crippen LogP contribution in [0.1, 0.15) is 30.0 Å². The Morgan fingerprint density at radius 2 is 1.91 bits per heavy atom. The van der Waals surface area contributed by atoms with Crippen LogP contribution in [0.4, 0.5) is 29.5 Å². The lowest BCUT2D eigenvalue weighted by atomic mass is 10.0. The fraction of sp³-hybridized carbons (Fsp3) is 0.276. The van der Waals surface area contributed by atoms with Gasteiger partial charge < -0.3 is 14.8 Å². The Morgan fingerprint density at radius 1 is 1.11 bits per heavy atom. The van der Waals surface area contributed by atoms with E-state index in [1.807, 2.05) is 25.1 Å². The molecule has 2 aromatic heterocycles. The van der Waals surface area contributed by atoms with Crippen LogP contribution in [0.15, 0.2) is 67.1 Å². The van der Waals surface area contributed by atoms with Crippen molar-refractivity contribution in [3.8, 4) is 17.4 Å². The number of carbonyl (C=O) groups is 2. The summed E-state index contributed by atoms with van der Waals surface area (Å²) in [5.74, 6) is 0.139. The predicted molar refractivity (Wildman–Crippen MR) is 158 cm³/mol. The van der Waals surface area contributed by atoms with Gasteiger partial charge in [0, 0.05) is 11.8 Å². The number of ether oxygens (including phenoxy) is 2. The standard InChI is InChI=1S/C29H28F3N7O4S/c1-3-4-20-7-5-18(2)13-23(20)39-25(40)16-44-28(39)36-26(41)35-24-12-6-19(14-33-24)15-42-27-34-17-38(37-27)21-8-10-22(11-9-21)43-29(30,31)32/h5-14,17,28H,3-4,15-16H2,1-2H3,(H2,33,35,36,41). The average Bonchev–Trinajstić information content (AvgIpc) is 3.60. The molecular weight excluding hydrogens is 599 g/mol. The zero-order valence-electron chi connectivity index (χ0n) is 23.7. The molecule has 0 radical (unpaired) electrons. The summed E-state index contributed by atoms with van der Waals surface area (Å²) < 4.78 is 47.9. The second kappa shape index (κ2) is 13.2. The van der Waals surface area contributed by atoms with Crippen LogP contribution >= 0.6 is 11.8 Å². The van der Waals surface area contributed by atoms with Gasteiger partial charge in [0.25, 0.3) is 0 Å². The van der Waals surface area contributed by atoms with E-state index in [0.717, 1.165) is 29.7 Å². The number of aromatic nitrogens is 4. The Morgan fingerprint density at radius 3 is 2.61 bits per heavy atom. The number of halogens is 3. The number of carbonyl (C=O) groups excluding carboxylic acids is 2. The summed E-state index contributed by atoms with van der Waals surface area (Å²) in [7, 11) is 0. The maximum Gasteiger partial charge on any atom is 0.573 e. The molecule has 4 aromatic rings. The number of aryl methyl sites for hydroxylation is 2. The second-order valence-corrected chi connectivity index (χ2v) is 10.8. The molecule has 1 saturated heterocycles. The maximum absolute atomic E-state index is 12.8. The van der Waals surface area contributed by atoms with E-state index in [1.54, 1.807) is 17.0 Å². The summed E-state index contributed by atoms with van der Waals surface area (Å²) in [6.07, 6.45) is -0.143. The lowest BCUT2D eigenvalue weighted by Gasteiger charge is -2.27. The molecule has 3 heterocycles. The summed E-state index contributed by atoms with van der Waals surface area (Å²) >= 11 is 1.34. The van der Waals surface area contributed by atoms with Gasteiger partial charge in [-0.05, 0) is 60.9 Å². The molecule has 1 aliphatic heterocycles. The van der Waals surface area contributed by atoms with Gasteiger partial charge in [0.1, 0.15) is 24.5 Å². The minimum atomic E-state index is -4.77. The van der Waals surface area contributed by atoms with Crippen LogP contribution in [0.3, 0.4) is 0 Å². The molecule has 44 heavy (non-hydrogen) atoms. The van der Waals surface area contributed by atoms with Crippen molar-refractivity contribution in [3.05, 3.63) is 83.8 Å². The van der Waals surface area contributed by atoms with Crippen molar-refractivity contribution in [3.63, 3.8) is 0 Å². The lowest BCUT2D eigenvalue weighted by Crippen LogP contribution is -2.46. The number of pyridine rings is 1. The van der Waals surface area contributed by atoms with Crippen molar-refractivity contribution in [2.75, 3.05) is 16.0 Å². The molecule has 0 saturated carbocycles. The molecule has 2 aromatic carbocycles. The number of benzene rings is 2.